The lowest BCUT2D eigenvalue weighted by Gasteiger charge is -2.39. The summed E-state index contributed by atoms with van der Waals surface area (Å²) in [6, 6.07) is 16.8. The van der Waals surface area contributed by atoms with Gasteiger partial charge in [0.15, 0.2) is 5.78 Å². The van der Waals surface area contributed by atoms with Gasteiger partial charge in [0.2, 0.25) is 11.8 Å². The van der Waals surface area contributed by atoms with Gasteiger partial charge in [-0.1, -0.05) is 29.8 Å². The Labute approximate surface area is 289 Å². The van der Waals surface area contributed by atoms with Crippen LogP contribution in [0.2, 0.25) is 5.02 Å². The molecular formula is C33H35Br2ClN6O4. The van der Waals surface area contributed by atoms with Gasteiger partial charge in [0.1, 0.15) is 6.04 Å². The van der Waals surface area contributed by atoms with E-state index in [0.717, 1.165) is 23.4 Å². The molecular weight excluding hydrogens is 740 g/mol. The second-order valence-electron chi connectivity index (χ2n) is 11.5. The second-order valence-corrected chi connectivity index (χ2v) is 13.7. The van der Waals surface area contributed by atoms with E-state index in [9.17, 15) is 19.2 Å². The van der Waals surface area contributed by atoms with E-state index in [2.05, 4.69) is 42.5 Å². The highest BCUT2D eigenvalue weighted by molar-refractivity contribution is 9.11. The number of hydrogen-bond acceptors (Lipinski definition) is 6. The number of likely N-dealkylation sites (tertiary alicyclic amines) is 1. The van der Waals surface area contributed by atoms with Gasteiger partial charge in [-0.25, -0.2) is 4.79 Å². The molecule has 46 heavy (non-hydrogen) atoms. The number of amides is 4. The van der Waals surface area contributed by atoms with Crippen molar-refractivity contribution in [2.75, 3.05) is 49.2 Å². The van der Waals surface area contributed by atoms with E-state index < -0.39 is 11.9 Å². The molecule has 0 radical (unpaired) electrons. The molecule has 0 aliphatic carbocycles. The first-order valence-corrected chi connectivity index (χ1v) is 16.9. The van der Waals surface area contributed by atoms with Crippen LogP contribution in [0.25, 0.3) is 0 Å². The number of nitrogens with zero attached hydrogens (tertiary/aromatic N) is 3. The van der Waals surface area contributed by atoms with Gasteiger partial charge >= 0.3 is 6.03 Å². The molecule has 1 fully saturated rings. The SMILES string of the molecule is CN(CC(=O)NC(CC(=O)c1cc(Br)c(N)c(Br)c1)C(=O)N1CCC(N2CCc3ccccc3NC2=O)CC1)c1ccc(Cl)cc1. The number of ketones is 1. The number of nitrogens with two attached hydrogens (primary N) is 1. The third kappa shape index (κ3) is 8.02. The topological polar surface area (TPSA) is 128 Å². The van der Waals surface area contributed by atoms with Gasteiger partial charge in [-0.2, -0.15) is 0 Å². The van der Waals surface area contributed by atoms with E-state index in [1.54, 1.807) is 53.2 Å². The van der Waals surface area contributed by atoms with Gasteiger partial charge in [0, 0.05) is 70.1 Å². The van der Waals surface area contributed by atoms with E-state index in [0.29, 0.717) is 57.7 Å². The Kier molecular flexibility index (Phi) is 10.9. The van der Waals surface area contributed by atoms with Crippen LogP contribution in [0, 0.1) is 0 Å². The lowest BCUT2D eigenvalue weighted by atomic mass is 9.99. The molecule has 4 amide bonds. The van der Waals surface area contributed by atoms with Crippen LogP contribution in [0.4, 0.5) is 21.9 Å². The zero-order valence-corrected chi connectivity index (χ0v) is 29.2. The van der Waals surface area contributed by atoms with Crippen LogP contribution in [-0.2, 0) is 16.0 Å². The highest BCUT2D eigenvalue weighted by atomic mass is 79.9. The van der Waals surface area contributed by atoms with Crippen molar-refractivity contribution in [1.29, 1.82) is 0 Å². The fourth-order valence-electron chi connectivity index (χ4n) is 5.85. The number of para-hydroxylation sites is 1. The smallest absolute Gasteiger partial charge is 0.322 e. The van der Waals surface area contributed by atoms with Crippen molar-refractivity contribution >= 4 is 84.2 Å². The minimum atomic E-state index is -1.08. The first kappa shape index (κ1) is 33.7. The largest absolute Gasteiger partial charge is 0.397 e. The molecule has 1 atom stereocenters. The second kappa shape index (κ2) is 14.9. The first-order valence-electron chi connectivity index (χ1n) is 15.0. The van der Waals surface area contributed by atoms with Crippen molar-refractivity contribution in [2.45, 2.75) is 37.8 Å². The summed E-state index contributed by atoms with van der Waals surface area (Å²) in [5.74, 6) is -1.06. The molecule has 1 unspecified atom stereocenters. The molecule has 2 heterocycles. The van der Waals surface area contributed by atoms with Crippen molar-refractivity contribution in [3.63, 3.8) is 0 Å². The molecule has 2 aliphatic heterocycles. The maximum absolute atomic E-state index is 13.9. The Balaban J connectivity index is 1.27. The van der Waals surface area contributed by atoms with Crippen LogP contribution in [0.5, 0.6) is 0 Å². The molecule has 2 aliphatic rings. The summed E-state index contributed by atoms with van der Waals surface area (Å²) in [5.41, 5.74) is 9.51. The zero-order valence-electron chi connectivity index (χ0n) is 25.3. The summed E-state index contributed by atoms with van der Waals surface area (Å²) in [4.78, 5) is 59.0. The van der Waals surface area contributed by atoms with Gasteiger partial charge < -0.3 is 31.1 Å². The van der Waals surface area contributed by atoms with E-state index in [4.69, 9.17) is 17.3 Å². The highest BCUT2D eigenvalue weighted by Gasteiger charge is 2.35. The lowest BCUT2D eigenvalue weighted by Crippen LogP contribution is -2.55. The Morgan fingerprint density at radius 1 is 1.04 bits per heavy atom. The number of nitrogen functional groups attached to an aromatic ring is 1. The molecule has 5 rings (SSSR count). The van der Waals surface area contributed by atoms with Crippen molar-refractivity contribution in [1.82, 2.24) is 15.1 Å². The summed E-state index contributed by atoms with van der Waals surface area (Å²) in [6.45, 7) is 1.34. The van der Waals surface area contributed by atoms with Crippen molar-refractivity contribution in [2.24, 2.45) is 0 Å². The molecule has 0 bridgehead atoms. The number of benzene rings is 3. The normalized spacial score (nSPS) is 15.8. The molecule has 13 heteroatoms. The number of nitrogens with one attached hydrogen (secondary N) is 2. The molecule has 0 spiro atoms. The predicted molar refractivity (Wildman–Crippen MR) is 187 cm³/mol. The fourth-order valence-corrected chi connectivity index (χ4v) is 7.16. The van der Waals surface area contributed by atoms with E-state index in [1.807, 2.05) is 29.2 Å². The van der Waals surface area contributed by atoms with Gasteiger partial charge in [0.05, 0.1) is 12.2 Å². The van der Waals surface area contributed by atoms with Crippen molar-refractivity contribution in [3.8, 4) is 0 Å². The Morgan fingerprint density at radius 3 is 2.37 bits per heavy atom. The quantitative estimate of drug-likeness (QED) is 0.189. The maximum Gasteiger partial charge on any atom is 0.322 e. The average Bonchev–Trinajstić information content (AvgIpc) is 3.21. The molecule has 0 aromatic heterocycles. The fraction of sp³-hybridized carbons (Fsp3) is 0.333. The monoisotopic (exact) mass is 772 g/mol. The minimum absolute atomic E-state index is 0.0346. The Morgan fingerprint density at radius 2 is 1.70 bits per heavy atom. The predicted octanol–water partition coefficient (Wildman–Crippen LogP) is 5.72. The number of urea groups is 1. The number of anilines is 3. The summed E-state index contributed by atoms with van der Waals surface area (Å²) in [5, 5.41) is 6.43. The third-order valence-corrected chi connectivity index (χ3v) is 9.99. The summed E-state index contributed by atoms with van der Waals surface area (Å²) in [7, 11) is 1.76. The average molecular weight is 775 g/mol. The molecule has 3 aromatic carbocycles. The van der Waals surface area contributed by atoms with E-state index in [-0.39, 0.29) is 36.7 Å². The number of hydrogen-bond donors (Lipinski definition) is 3. The molecule has 0 saturated carbocycles. The highest BCUT2D eigenvalue weighted by Crippen LogP contribution is 2.30. The molecule has 10 nitrogen and oxygen atoms in total. The van der Waals surface area contributed by atoms with Crippen molar-refractivity contribution < 1.29 is 19.2 Å². The molecule has 242 valence electrons. The van der Waals surface area contributed by atoms with Crippen LogP contribution in [0.15, 0.2) is 69.6 Å². The molecule has 3 aromatic rings. The minimum Gasteiger partial charge on any atom is -0.397 e. The molecule has 1 saturated heterocycles. The van der Waals surface area contributed by atoms with Crippen LogP contribution >= 0.6 is 43.5 Å². The summed E-state index contributed by atoms with van der Waals surface area (Å²) < 4.78 is 1.09. The Bertz CT molecular complexity index is 1610. The molecule has 4 N–H and O–H groups in total. The number of Topliss-reactive ketones (excluding diaryl/α,β-unsaturated/α-hetero) is 1. The third-order valence-electron chi connectivity index (χ3n) is 8.43. The summed E-state index contributed by atoms with van der Waals surface area (Å²) >= 11 is 12.8. The number of carbonyl (C=O) groups is 4. The number of likely N-dealkylation sites (N-methyl/N-ethyl adjacent to an activating group) is 1. The van der Waals surface area contributed by atoms with Crippen molar-refractivity contribution in [3.05, 3.63) is 85.8 Å². The van der Waals surface area contributed by atoms with E-state index in [1.165, 1.54) is 0 Å². The Hall–Kier alpha value is -3.61. The first-order chi connectivity index (χ1) is 22.0. The van der Waals surface area contributed by atoms with Crippen LogP contribution in [0.3, 0.4) is 0 Å². The van der Waals surface area contributed by atoms with Crippen LogP contribution < -0.4 is 21.3 Å². The van der Waals surface area contributed by atoms with E-state index >= 15 is 0 Å². The van der Waals surface area contributed by atoms with Gasteiger partial charge in [0.25, 0.3) is 0 Å². The number of piperidine rings is 1. The van der Waals surface area contributed by atoms with Gasteiger partial charge in [-0.3, -0.25) is 14.4 Å². The standard InChI is InChI=1S/C33H35Br2ClN6O4/c1-40(23-8-6-22(36)7-9-23)19-30(44)38-28(18-29(43)21-16-25(34)31(37)26(35)17-21)32(45)41-13-11-24(12-14-41)42-15-10-20-4-2-3-5-27(20)39-33(42)46/h2-9,16-17,24,28H,10-15,18-19,37H2,1H3,(H,38,44)(H,39,46). The summed E-state index contributed by atoms with van der Waals surface area (Å²) in [6.07, 6.45) is 1.68. The van der Waals surface area contributed by atoms with Gasteiger partial charge in [-0.15, -0.1) is 0 Å². The number of carbonyl (C=O) groups excluding carboxylic acids is 4. The number of rotatable bonds is 9. The lowest BCUT2D eigenvalue weighted by molar-refractivity contribution is -0.137. The van der Waals surface area contributed by atoms with Crippen LogP contribution in [-0.4, -0.2) is 78.7 Å². The number of halogens is 3. The number of fused-ring (bicyclic) bond motifs is 1. The van der Waals surface area contributed by atoms with Crippen LogP contribution in [0.1, 0.15) is 35.2 Å². The van der Waals surface area contributed by atoms with Gasteiger partial charge in [-0.05, 0) is 99.2 Å². The zero-order chi connectivity index (χ0) is 33.0. The maximum atomic E-state index is 13.9.